The van der Waals surface area contributed by atoms with Crippen LogP contribution in [0, 0.1) is 0 Å². The lowest BCUT2D eigenvalue weighted by molar-refractivity contribution is 0.102. The Morgan fingerprint density at radius 2 is 1.85 bits per heavy atom. The number of hydrogen-bond donors (Lipinski definition) is 2. The van der Waals surface area contributed by atoms with Gasteiger partial charge in [0.1, 0.15) is 17.2 Å². The molecule has 3 aromatic rings. The molecule has 0 saturated heterocycles. The Bertz CT molecular complexity index is 997. The number of methoxy groups -OCH3 is 2. The minimum absolute atomic E-state index is 0.00401. The maximum atomic E-state index is 12.7. The normalized spacial score (nSPS) is 10.4. The van der Waals surface area contributed by atoms with Crippen molar-refractivity contribution in [1.82, 2.24) is 0 Å². The van der Waals surface area contributed by atoms with Crippen molar-refractivity contribution in [3.63, 3.8) is 0 Å². The first-order valence-electron chi connectivity index (χ1n) is 7.82. The first-order valence-corrected chi connectivity index (χ1v) is 7.82. The summed E-state index contributed by atoms with van der Waals surface area (Å²) in [7, 11) is 2.99. The molecule has 0 bridgehead atoms. The van der Waals surface area contributed by atoms with Crippen LogP contribution >= 0.6 is 0 Å². The summed E-state index contributed by atoms with van der Waals surface area (Å²) in [6, 6.07) is 13.5. The van der Waals surface area contributed by atoms with E-state index >= 15 is 0 Å². The zero-order chi connectivity index (χ0) is 18.7. The van der Waals surface area contributed by atoms with Crippen LogP contribution in [0.5, 0.6) is 17.2 Å². The van der Waals surface area contributed by atoms with Crippen molar-refractivity contribution in [2.45, 2.75) is 0 Å². The molecule has 6 heteroatoms. The van der Waals surface area contributed by atoms with Gasteiger partial charge in [-0.3, -0.25) is 9.59 Å². The molecule has 3 rings (SSSR count). The molecule has 6 nitrogen and oxygen atoms in total. The van der Waals surface area contributed by atoms with Gasteiger partial charge in [-0.1, -0.05) is 24.3 Å². The van der Waals surface area contributed by atoms with Crippen molar-refractivity contribution in [2.75, 3.05) is 19.5 Å². The van der Waals surface area contributed by atoms with Crippen molar-refractivity contribution in [3.8, 4) is 17.2 Å². The molecule has 0 fully saturated rings. The van der Waals surface area contributed by atoms with Crippen LogP contribution in [0.3, 0.4) is 0 Å². The maximum absolute atomic E-state index is 12.7. The fourth-order valence-corrected chi connectivity index (χ4v) is 2.76. The topological polar surface area (TPSA) is 84.9 Å². The lowest BCUT2D eigenvalue weighted by Gasteiger charge is -2.14. The van der Waals surface area contributed by atoms with Gasteiger partial charge in [0.15, 0.2) is 6.29 Å². The molecule has 0 aliphatic heterocycles. The molecular formula is C20H17NO5. The van der Waals surface area contributed by atoms with Crippen LogP contribution in [0.25, 0.3) is 10.8 Å². The van der Waals surface area contributed by atoms with Crippen LogP contribution in [-0.4, -0.2) is 31.5 Å². The largest absolute Gasteiger partial charge is 0.506 e. The predicted octanol–water partition coefficient (Wildman–Crippen LogP) is 3.63. The third kappa shape index (κ3) is 3.04. The van der Waals surface area contributed by atoms with Gasteiger partial charge in [-0.2, -0.15) is 0 Å². The van der Waals surface area contributed by atoms with Gasteiger partial charge < -0.3 is 19.9 Å². The number of aldehydes is 1. The molecule has 3 aromatic carbocycles. The lowest BCUT2D eigenvalue weighted by Crippen LogP contribution is -2.13. The number of phenolic OH excluding ortho intramolecular Hbond substituents is 1. The standard InChI is InChI=1S/C20H17NO5/c1-25-13-7-8-18(26-2)17(10-13)21-20(24)15-9-12-5-3-4-6-14(12)16(11-22)19(15)23/h3-11,23H,1-2H3,(H,21,24). The fourth-order valence-electron chi connectivity index (χ4n) is 2.76. The van der Waals surface area contributed by atoms with Crippen molar-refractivity contribution in [2.24, 2.45) is 0 Å². The summed E-state index contributed by atoms with van der Waals surface area (Å²) in [5.41, 5.74) is 0.457. The van der Waals surface area contributed by atoms with Crippen LogP contribution in [0.1, 0.15) is 20.7 Å². The number of nitrogens with one attached hydrogen (secondary N) is 1. The SMILES string of the molecule is COc1ccc(OC)c(NC(=O)c2cc3ccccc3c(C=O)c2O)c1. The van der Waals surface area contributed by atoms with Gasteiger partial charge in [-0.15, -0.1) is 0 Å². The first kappa shape index (κ1) is 17.3. The van der Waals surface area contributed by atoms with Crippen LogP contribution < -0.4 is 14.8 Å². The van der Waals surface area contributed by atoms with Crippen LogP contribution in [0.15, 0.2) is 48.5 Å². The number of rotatable bonds is 5. The highest BCUT2D eigenvalue weighted by molar-refractivity contribution is 6.13. The average Bonchev–Trinajstić information content (AvgIpc) is 2.67. The summed E-state index contributed by atoms with van der Waals surface area (Å²) >= 11 is 0. The number of amides is 1. The van der Waals surface area contributed by atoms with Crippen LogP contribution in [0.2, 0.25) is 0 Å². The number of hydrogen-bond acceptors (Lipinski definition) is 5. The number of carbonyl (C=O) groups is 2. The van der Waals surface area contributed by atoms with Gasteiger partial charge in [-0.05, 0) is 29.0 Å². The second kappa shape index (κ2) is 7.14. The fraction of sp³-hybridized carbons (Fsp3) is 0.100. The van der Waals surface area contributed by atoms with E-state index in [-0.39, 0.29) is 16.9 Å². The Morgan fingerprint density at radius 3 is 2.54 bits per heavy atom. The third-order valence-electron chi connectivity index (χ3n) is 4.08. The van der Waals surface area contributed by atoms with E-state index < -0.39 is 5.91 Å². The Kier molecular flexibility index (Phi) is 4.75. The highest BCUT2D eigenvalue weighted by Gasteiger charge is 2.19. The molecule has 0 unspecified atom stereocenters. The van der Waals surface area contributed by atoms with Crippen LogP contribution in [-0.2, 0) is 0 Å². The lowest BCUT2D eigenvalue weighted by atomic mass is 9.99. The molecule has 132 valence electrons. The number of anilines is 1. The second-order valence-electron chi connectivity index (χ2n) is 5.55. The maximum Gasteiger partial charge on any atom is 0.259 e. The smallest absolute Gasteiger partial charge is 0.259 e. The van der Waals surface area contributed by atoms with E-state index in [1.54, 1.807) is 48.5 Å². The number of carbonyl (C=O) groups excluding carboxylic acids is 2. The quantitative estimate of drug-likeness (QED) is 0.686. The van der Waals surface area contributed by atoms with E-state index in [4.69, 9.17) is 9.47 Å². The molecular weight excluding hydrogens is 334 g/mol. The molecule has 26 heavy (non-hydrogen) atoms. The van der Waals surface area contributed by atoms with E-state index in [1.807, 2.05) is 0 Å². The Morgan fingerprint density at radius 1 is 1.08 bits per heavy atom. The molecule has 0 radical (unpaired) electrons. The van der Waals surface area contributed by atoms with E-state index in [0.717, 1.165) is 0 Å². The summed E-state index contributed by atoms with van der Waals surface area (Å²) in [5, 5.41) is 14.4. The third-order valence-corrected chi connectivity index (χ3v) is 4.08. The second-order valence-corrected chi connectivity index (χ2v) is 5.55. The summed E-state index contributed by atoms with van der Waals surface area (Å²) in [5.74, 6) is 0.0495. The molecule has 0 aromatic heterocycles. The van der Waals surface area contributed by atoms with E-state index in [1.165, 1.54) is 14.2 Å². The minimum Gasteiger partial charge on any atom is -0.506 e. The van der Waals surface area contributed by atoms with Gasteiger partial charge in [-0.25, -0.2) is 0 Å². The molecule has 0 atom stereocenters. The van der Waals surface area contributed by atoms with Crippen LogP contribution in [0.4, 0.5) is 5.69 Å². The van der Waals surface area contributed by atoms with Gasteiger partial charge in [0.2, 0.25) is 0 Å². The van der Waals surface area contributed by atoms with Crippen molar-refractivity contribution >= 4 is 28.7 Å². The van der Waals surface area contributed by atoms with E-state index in [0.29, 0.717) is 34.2 Å². The molecule has 0 aliphatic carbocycles. The molecule has 1 amide bonds. The summed E-state index contributed by atoms with van der Waals surface area (Å²) in [6.45, 7) is 0. The first-order chi connectivity index (χ1) is 12.6. The highest BCUT2D eigenvalue weighted by atomic mass is 16.5. The number of ether oxygens (including phenoxy) is 2. The Balaban J connectivity index is 2.06. The zero-order valence-electron chi connectivity index (χ0n) is 14.3. The summed E-state index contributed by atoms with van der Waals surface area (Å²) < 4.78 is 10.4. The number of aromatic hydroxyl groups is 1. The van der Waals surface area contributed by atoms with Crippen molar-refractivity contribution in [3.05, 3.63) is 59.7 Å². The monoisotopic (exact) mass is 351 g/mol. The van der Waals surface area contributed by atoms with Crippen molar-refractivity contribution < 1.29 is 24.2 Å². The zero-order valence-corrected chi connectivity index (χ0v) is 14.3. The van der Waals surface area contributed by atoms with E-state index in [9.17, 15) is 14.7 Å². The summed E-state index contributed by atoms with van der Waals surface area (Å²) in [6.07, 6.45) is 0.542. The minimum atomic E-state index is -0.567. The van der Waals surface area contributed by atoms with Gasteiger partial charge in [0, 0.05) is 6.07 Å². The van der Waals surface area contributed by atoms with Crippen molar-refractivity contribution in [1.29, 1.82) is 0 Å². The Hall–Kier alpha value is -3.54. The number of benzene rings is 3. The van der Waals surface area contributed by atoms with Gasteiger partial charge >= 0.3 is 0 Å². The molecule has 2 N–H and O–H groups in total. The molecule has 0 saturated carbocycles. The van der Waals surface area contributed by atoms with Gasteiger partial charge in [0.25, 0.3) is 5.91 Å². The summed E-state index contributed by atoms with van der Waals surface area (Å²) in [4.78, 5) is 24.2. The van der Waals surface area contributed by atoms with Gasteiger partial charge in [0.05, 0.1) is 31.0 Å². The number of fused-ring (bicyclic) bond motifs is 1. The average molecular weight is 351 g/mol. The predicted molar refractivity (Wildman–Crippen MR) is 98.5 cm³/mol. The van der Waals surface area contributed by atoms with E-state index in [2.05, 4.69) is 5.32 Å². The molecule has 0 spiro atoms. The molecule has 0 aliphatic rings. The molecule has 0 heterocycles. The highest BCUT2D eigenvalue weighted by Crippen LogP contribution is 2.33. The Labute approximate surface area is 150 Å². The number of phenols is 1.